The molecule has 24 heavy (non-hydrogen) atoms. The molecule has 0 fully saturated rings. The fourth-order valence-corrected chi connectivity index (χ4v) is 4.95. The van der Waals surface area contributed by atoms with Crippen LogP contribution in [0.25, 0.3) is 10.2 Å². The van der Waals surface area contributed by atoms with Crippen LogP contribution in [0.15, 0.2) is 39.1 Å². The lowest BCUT2D eigenvalue weighted by molar-refractivity contribution is 0.100. The lowest BCUT2D eigenvalue weighted by Crippen LogP contribution is -2.18. The summed E-state index contributed by atoms with van der Waals surface area (Å²) in [6, 6.07) is 9.61. The van der Waals surface area contributed by atoms with Gasteiger partial charge in [0, 0.05) is 12.3 Å². The highest BCUT2D eigenvalue weighted by Crippen LogP contribution is 2.25. The van der Waals surface area contributed by atoms with Crippen molar-refractivity contribution >= 4 is 66.5 Å². The van der Waals surface area contributed by atoms with Gasteiger partial charge in [0.25, 0.3) is 5.91 Å². The molecule has 0 aliphatic carbocycles. The number of carbonyl (C=O) groups is 1. The summed E-state index contributed by atoms with van der Waals surface area (Å²) in [6.45, 7) is 0.813. The Bertz CT molecular complexity index is 942. The number of halogens is 1. The van der Waals surface area contributed by atoms with E-state index in [0.29, 0.717) is 4.88 Å². The summed E-state index contributed by atoms with van der Waals surface area (Å²) in [6.07, 6.45) is 2.07. The number of carbonyl (C=O) groups excluding carboxylic acids is 1. The number of thiazole rings is 1. The molecule has 8 heteroatoms. The Morgan fingerprint density at radius 2 is 2.17 bits per heavy atom. The van der Waals surface area contributed by atoms with E-state index in [1.807, 2.05) is 24.3 Å². The average molecular weight is 443 g/mol. The predicted octanol–water partition coefficient (Wildman–Crippen LogP) is 4.64. The van der Waals surface area contributed by atoms with Gasteiger partial charge in [-0.3, -0.25) is 4.79 Å². The molecule has 0 radical (unpaired) electrons. The van der Waals surface area contributed by atoms with Crippen LogP contribution in [0.3, 0.4) is 0 Å². The highest BCUT2D eigenvalue weighted by Gasteiger charge is 2.11. The zero-order valence-corrected chi connectivity index (χ0v) is 17.2. The Balaban J connectivity index is 2.10. The van der Waals surface area contributed by atoms with E-state index < -0.39 is 0 Å². The minimum absolute atomic E-state index is 0.206. The fourth-order valence-electron chi connectivity index (χ4n) is 2.24. The SMILES string of the molecule is COc1ccc2c(c1)sc(=NC(=O)c1ccc(Br)s1)n2CCSC. The van der Waals surface area contributed by atoms with Gasteiger partial charge in [0.15, 0.2) is 4.80 Å². The molecule has 1 amide bonds. The second-order valence-electron chi connectivity index (χ2n) is 4.88. The molecular weight excluding hydrogens is 428 g/mol. The number of amides is 1. The van der Waals surface area contributed by atoms with Gasteiger partial charge >= 0.3 is 0 Å². The molecule has 4 nitrogen and oxygen atoms in total. The molecule has 0 N–H and O–H groups in total. The van der Waals surface area contributed by atoms with Crippen molar-refractivity contribution in [2.75, 3.05) is 19.1 Å². The van der Waals surface area contributed by atoms with Crippen LogP contribution < -0.4 is 9.54 Å². The molecule has 0 unspecified atom stereocenters. The number of aryl methyl sites for hydroxylation is 1. The summed E-state index contributed by atoms with van der Waals surface area (Å²) in [5.74, 6) is 1.56. The first-order valence-corrected chi connectivity index (χ1v) is 10.9. The van der Waals surface area contributed by atoms with E-state index in [9.17, 15) is 4.79 Å². The minimum Gasteiger partial charge on any atom is -0.497 e. The number of aromatic nitrogens is 1. The van der Waals surface area contributed by atoms with Crippen molar-refractivity contribution in [3.05, 3.63) is 43.8 Å². The second-order valence-corrected chi connectivity index (χ2v) is 9.34. The molecule has 2 heterocycles. The van der Waals surface area contributed by atoms with Crippen LogP contribution in [0, 0.1) is 0 Å². The van der Waals surface area contributed by atoms with Gasteiger partial charge in [0.2, 0.25) is 0 Å². The maximum Gasteiger partial charge on any atom is 0.289 e. The fraction of sp³-hybridized carbons (Fsp3) is 0.250. The number of thiophene rings is 1. The van der Waals surface area contributed by atoms with Crippen molar-refractivity contribution in [1.29, 1.82) is 0 Å². The van der Waals surface area contributed by atoms with E-state index in [1.165, 1.54) is 22.7 Å². The van der Waals surface area contributed by atoms with E-state index >= 15 is 0 Å². The number of thioether (sulfide) groups is 1. The zero-order valence-electron chi connectivity index (χ0n) is 13.1. The van der Waals surface area contributed by atoms with Gasteiger partial charge in [0.05, 0.1) is 26.0 Å². The van der Waals surface area contributed by atoms with Crippen molar-refractivity contribution in [3.63, 3.8) is 0 Å². The molecule has 126 valence electrons. The summed E-state index contributed by atoms with van der Waals surface area (Å²) in [5, 5.41) is 0. The Kier molecular flexibility index (Phi) is 5.80. The van der Waals surface area contributed by atoms with Crippen molar-refractivity contribution in [2.24, 2.45) is 4.99 Å². The number of hydrogen-bond acceptors (Lipinski definition) is 5. The van der Waals surface area contributed by atoms with E-state index in [1.54, 1.807) is 24.9 Å². The summed E-state index contributed by atoms with van der Waals surface area (Å²) >= 11 is 8.06. The second kappa shape index (κ2) is 7.86. The van der Waals surface area contributed by atoms with Gasteiger partial charge in [-0.1, -0.05) is 11.3 Å². The minimum atomic E-state index is -0.206. The van der Waals surface area contributed by atoms with Crippen LogP contribution in [0.5, 0.6) is 5.75 Å². The molecule has 3 rings (SSSR count). The first kappa shape index (κ1) is 17.7. The van der Waals surface area contributed by atoms with Crippen LogP contribution >= 0.6 is 50.4 Å². The van der Waals surface area contributed by atoms with Gasteiger partial charge in [-0.2, -0.15) is 16.8 Å². The zero-order chi connectivity index (χ0) is 17.1. The maximum absolute atomic E-state index is 12.4. The van der Waals surface area contributed by atoms with Crippen molar-refractivity contribution in [2.45, 2.75) is 6.54 Å². The van der Waals surface area contributed by atoms with Crippen LogP contribution in [0.4, 0.5) is 0 Å². The number of nitrogens with zero attached hydrogens (tertiary/aromatic N) is 2. The third-order valence-electron chi connectivity index (χ3n) is 3.39. The van der Waals surface area contributed by atoms with Crippen molar-refractivity contribution < 1.29 is 9.53 Å². The number of hydrogen-bond donors (Lipinski definition) is 0. The molecule has 0 atom stereocenters. The lowest BCUT2D eigenvalue weighted by atomic mass is 10.3. The van der Waals surface area contributed by atoms with E-state index in [-0.39, 0.29) is 5.91 Å². The molecule has 0 bridgehead atoms. The lowest BCUT2D eigenvalue weighted by Gasteiger charge is -2.04. The molecule has 2 aromatic heterocycles. The third kappa shape index (κ3) is 3.77. The summed E-state index contributed by atoms with van der Waals surface area (Å²) in [4.78, 5) is 18.2. The maximum atomic E-state index is 12.4. The molecule has 3 aromatic rings. The molecule has 0 spiro atoms. The quantitative estimate of drug-likeness (QED) is 0.577. The van der Waals surface area contributed by atoms with Crippen molar-refractivity contribution in [3.8, 4) is 5.75 Å². The Hall–Kier alpha value is -1.09. The van der Waals surface area contributed by atoms with Crippen LogP contribution in [0.2, 0.25) is 0 Å². The number of fused-ring (bicyclic) bond motifs is 1. The van der Waals surface area contributed by atoms with Gasteiger partial charge in [-0.25, -0.2) is 0 Å². The first-order valence-electron chi connectivity index (χ1n) is 7.13. The standard InChI is InChI=1S/C16H15BrN2O2S3/c1-21-10-3-4-11-13(9-10)24-16(19(11)7-8-22-2)18-15(20)12-5-6-14(17)23-12/h3-6,9H,7-8H2,1-2H3. The van der Waals surface area contributed by atoms with Crippen molar-refractivity contribution in [1.82, 2.24) is 4.57 Å². The third-order valence-corrected chi connectivity index (χ3v) is 6.63. The normalized spacial score (nSPS) is 12.0. The number of benzene rings is 1. The van der Waals surface area contributed by atoms with Gasteiger partial charge < -0.3 is 9.30 Å². The van der Waals surface area contributed by atoms with Crippen LogP contribution in [-0.2, 0) is 6.54 Å². The van der Waals surface area contributed by atoms with Gasteiger partial charge in [-0.05, 0) is 52.5 Å². The summed E-state index contributed by atoms with van der Waals surface area (Å²) in [7, 11) is 1.65. The molecule has 0 aliphatic rings. The smallest absolute Gasteiger partial charge is 0.289 e. The molecule has 1 aromatic carbocycles. The molecule has 0 saturated carbocycles. The molecule has 0 aliphatic heterocycles. The monoisotopic (exact) mass is 442 g/mol. The largest absolute Gasteiger partial charge is 0.497 e. The number of rotatable bonds is 5. The average Bonchev–Trinajstić information content (AvgIpc) is 3.15. The topological polar surface area (TPSA) is 43.6 Å². The Labute approximate surface area is 160 Å². The van der Waals surface area contributed by atoms with Gasteiger partial charge in [-0.15, -0.1) is 11.3 Å². The summed E-state index contributed by atoms with van der Waals surface area (Å²) < 4.78 is 9.40. The van der Waals surface area contributed by atoms with Crippen LogP contribution in [0.1, 0.15) is 9.67 Å². The van der Waals surface area contributed by atoms with Crippen LogP contribution in [-0.4, -0.2) is 29.6 Å². The van der Waals surface area contributed by atoms with E-state index in [2.05, 4.69) is 31.7 Å². The first-order chi connectivity index (χ1) is 11.6. The molecular formula is C16H15BrN2O2S3. The van der Waals surface area contributed by atoms with E-state index in [4.69, 9.17) is 4.74 Å². The highest BCUT2D eigenvalue weighted by molar-refractivity contribution is 9.11. The van der Waals surface area contributed by atoms with Gasteiger partial charge in [0.1, 0.15) is 5.75 Å². The summed E-state index contributed by atoms with van der Waals surface area (Å²) in [5.41, 5.74) is 1.08. The number of ether oxygens (including phenoxy) is 1. The predicted molar refractivity (Wildman–Crippen MR) is 107 cm³/mol. The Morgan fingerprint density at radius 1 is 1.33 bits per heavy atom. The van der Waals surface area contributed by atoms with E-state index in [0.717, 1.165) is 36.9 Å². The Morgan fingerprint density at radius 3 is 2.83 bits per heavy atom. The highest BCUT2D eigenvalue weighted by atomic mass is 79.9. The number of methoxy groups -OCH3 is 1. The molecule has 0 saturated heterocycles.